The van der Waals surface area contributed by atoms with Gasteiger partial charge in [0.1, 0.15) is 0 Å². The molecule has 2 aliphatic rings. The maximum atomic E-state index is 13.8. The van der Waals surface area contributed by atoms with Crippen LogP contribution in [0.25, 0.3) is 0 Å². The number of methoxy groups -OCH3 is 4. The van der Waals surface area contributed by atoms with Gasteiger partial charge in [-0.15, -0.1) is 0 Å². The van der Waals surface area contributed by atoms with Crippen LogP contribution < -0.4 is 24.3 Å². The van der Waals surface area contributed by atoms with E-state index in [4.69, 9.17) is 23.5 Å². The molecule has 3 aromatic rings. The van der Waals surface area contributed by atoms with E-state index in [1.807, 2.05) is 25.1 Å². The van der Waals surface area contributed by atoms with Crippen molar-refractivity contribution in [3.8, 4) is 28.7 Å². The Labute approximate surface area is 208 Å². The van der Waals surface area contributed by atoms with Gasteiger partial charge in [-0.1, -0.05) is 11.2 Å². The van der Waals surface area contributed by atoms with Crippen molar-refractivity contribution < 1.29 is 33.4 Å². The van der Waals surface area contributed by atoms with Crippen LogP contribution in [0.5, 0.6) is 28.7 Å². The molecule has 2 aromatic carbocycles. The summed E-state index contributed by atoms with van der Waals surface area (Å²) in [6, 6.07) is 9.19. The Bertz CT molecular complexity index is 1350. The number of aromatic hydroxyl groups is 1. The lowest BCUT2D eigenvalue weighted by Gasteiger charge is -2.34. The van der Waals surface area contributed by atoms with Gasteiger partial charge in [-0.2, -0.15) is 0 Å². The van der Waals surface area contributed by atoms with E-state index in [1.165, 1.54) is 14.2 Å². The van der Waals surface area contributed by atoms with Crippen molar-refractivity contribution in [1.29, 1.82) is 0 Å². The zero-order chi connectivity index (χ0) is 25.6. The van der Waals surface area contributed by atoms with Crippen molar-refractivity contribution in [2.24, 2.45) is 0 Å². The summed E-state index contributed by atoms with van der Waals surface area (Å²) in [5.74, 6) is 1.68. The van der Waals surface area contributed by atoms with Crippen molar-refractivity contribution in [1.82, 2.24) is 5.16 Å². The zero-order valence-corrected chi connectivity index (χ0v) is 20.8. The number of carbonyl (C=O) groups is 1. The molecule has 0 unspecified atom stereocenters. The number of phenolic OH excluding ortho intramolecular Hbond substituents is 1. The normalized spacial score (nSPS) is 18.8. The first-order chi connectivity index (χ1) is 17.4. The highest BCUT2D eigenvalue weighted by molar-refractivity contribution is 6.01. The molecule has 2 heterocycles. The Morgan fingerprint density at radius 2 is 1.56 bits per heavy atom. The molecule has 9 heteroatoms. The average Bonchev–Trinajstić information content (AvgIpc) is 3.27. The van der Waals surface area contributed by atoms with Crippen LogP contribution in [-0.4, -0.2) is 44.5 Å². The summed E-state index contributed by atoms with van der Waals surface area (Å²) in [5, 5.41) is 17.9. The number of rotatable bonds is 6. The Balaban J connectivity index is 1.62. The monoisotopic (exact) mass is 492 g/mol. The van der Waals surface area contributed by atoms with Crippen LogP contribution in [0.4, 0.5) is 5.88 Å². The van der Waals surface area contributed by atoms with Crippen molar-refractivity contribution in [3.63, 3.8) is 0 Å². The van der Waals surface area contributed by atoms with Crippen LogP contribution in [0.2, 0.25) is 0 Å². The number of Topliss-reactive ketones (excluding diaryl/α,β-unsaturated/α-hetero) is 1. The van der Waals surface area contributed by atoms with E-state index in [0.717, 1.165) is 22.4 Å². The zero-order valence-electron chi connectivity index (χ0n) is 20.8. The largest absolute Gasteiger partial charge is 0.502 e. The first-order valence-electron chi connectivity index (χ1n) is 11.6. The molecule has 2 atom stereocenters. The number of hydrogen-bond donors (Lipinski definition) is 2. The number of carbonyl (C=O) groups excluding carboxylic acids is 1. The molecule has 0 amide bonds. The number of hydrogen-bond acceptors (Lipinski definition) is 9. The van der Waals surface area contributed by atoms with E-state index in [-0.39, 0.29) is 28.9 Å². The van der Waals surface area contributed by atoms with E-state index < -0.39 is 5.92 Å². The number of nitrogens with one attached hydrogen (secondary N) is 1. The fourth-order valence-electron chi connectivity index (χ4n) is 5.23. The summed E-state index contributed by atoms with van der Waals surface area (Å²) in [4.78, 5) is 13.8. The minimum absolute atomic E-state index is 0.0193. The van der Waals surface area contributed by atoms with Crippen LogP contribution in [0.15, 0.2) is 46.1 Å². The molecule has 1 aliphatic carbocycles. The van der Waals surface area contributed by atoms with Gasteiger partial charge in [-0.25, -0.2) is 0 Å². The SMILES string of the molecule is COc1ccc([C@H]2CC(=O)C3=C(C2)Nc2onc(C)c2[C@@H]3c2cc(OC)c(O)c(OC)c2)cc1OC. The minimum Gasteiger partial charge on any atom is -0.502 e. The summed E-state index contributed by atoms with van der Waals surface area (Å²) < 4.78 is 27.2. The second-order valence-corrected chi connectivity index (χ2v) is 8.88. The van der Waals surface area contributed by atoms with Gasteiger partial charge in [-0.3, -0.25) is 4.79 Å². The number of ketones is 1. The standard InChI is InChI=1S/C27H28N2O7/c1-13-23-24(16-11-21(34-4)26(31)22(12-16)35-5)25-17(28-27(23)36-29-13)8-15(9-18(25)30)14-6-7-19(32-2)20(10-14)33-3/h6-7,10-12,15,24,28,31H,8-9H2,1-5H3/t15-,24+/m1/s1. The van der Waals surface area contributed by atoms with Crippen LogP contribution in [-0.2, 0) is 4.79 Å². The number of phenols is 1. The van der Waals surface area contributed by atoms with Crippen molar-refractivity contribution in [3.05, 3.63) is 64.0 Å². The molecule has 1 aliphatic heterocycles. The van der Waals surface area contributed by atoms with Gasteiger partial charge < -0.3 is 33.9 Å². The average molecular weight is 493 g/mol. The quantitative estimate of drug-likeness (QED) is 0.506. The summed E-state index contributed by atoms with van der Waals surface area (Å²) in [6.07, 6.45) is 0.928. The molecular weight excluding hydrogens is 464 g/mol. The highest BCUT2D eigenvalue weighted by atomic mass is 16.5. The van der Waals surface area contributed by atoms with Gasteiger partial charge in [0.05, 0.1) is 39.7 Å². The predicted molar refractivity (Wildman–Crippen MR) is 131 cm³/mol. The predicted octanol–water partition coefficient (Wildman–Crippen LogP) is 4.68. The minimum atomic E-state index is -0.454. The maximum absolute atomic E-state index is 13.8. The van der Waals surface area contributed by atoms with Gasteiger partial charge in [0.25, 0.3) is 0 Å². The van der Waals surface area contributed by atoms with Crippen molar-refractivity contribution in [2.75, 3.05) is 33.8 Å². The molecule has 1 aromatic heterocycles. The Morgan fingerprint density at radius 1 is 0.917 bits per heavy atom. The molecule has 9 nitrogen and oxygen atoms in total. The van der Waals surface area contributed by atoms with Gasteiger partial charge in [-0.05, 0) is 54.7 Å². The lowest BCUT2D eigenvalue weighted by Crippen LogP contribution is -2.29. The van der Waals surface area contributed by atoms with Crippen LogP contribution >= 0.6 is 0 Å². The van der Waals surface area contributed by atoms with E-state index in [1.54, 1.807) is 26.4 Å². The summed E-state index contributed by atoms with van der Waals surface area (Å²) in [7, 11) is 6.13. The molecule has 0 radical (unpaired) electrons. The van der Waals surface area contributed by atoms with E-state index in [2.05, 4.69) is 10.5 Å². The highest BCUT2D eigenvalue weighted by Gasteiger charge is 2.41. The summed E-state index contributed by atoms with van der Waals surface area (Å²) >= 11 is 0. The number of aromatic nitrogens is 1. The number of fused-ring (bicyclic) bond motifs is 1. The molecule has 36 heavy (non-hydrogen) atoms. The fourth-order valence-corrected chi connectivity index (χ4v) is 5.23. The first-order valence-corrected chi connectivity index (χ1v) is 11.6. The van der Waals surface area contributed by atoms with Crippen LogP contribution in [0.1, 0.15) is 47.1 Å². The van der Waals surface area contributed by atoms with E-state index in [0.29, 0.717) is 41.5 Å². The third-order valence-electron chi connectivity index (χ3n) is 6.97. The molecule has 0 spiro atoms. The van der Waals surface area contributed by atoms with Crippen LogP contribution in [0.3, 0.4) is 0 Å². The number of ether oxygens (including phenoxy) is 4. The molecule has 0 bridgehead atoms. The van der Waals surface area contributed by atoms with Crippen molar-refractivity contribution >= 4 is 11.7 Å². The van der Waals surface area contributed by atoms with Gasteiger partial charge in [0.15, 0.2) is 28.8 Å². The third kappa shape index (κ3) is 3.71. The molecule has 5 rings (SSSR count). The lowest BCUT2D eigenvalue weighted by molar-refractivity contribution is -0.116. The van der Waals surface area contributed by atoms with Gasteiger partial charge in [0.2, 0.25) is 11.6 Å². The number of anilines is 1. The molecule has 0 fully saturated rings. The Morgan fingerprint density at radius 3 is 2.19 bits per heavy atom. The van der Waals surface area contributed by atoms with E-state index >= 15 is 0 Å². The van der Waals surface area contributed by atoms with Crippen molar-refractivity contribution in [2.45, 2.75) is 31.6 Å². The molecule has 0 saturated heterocycles. The topological polar surface area (TPSA) is 112 Å². The molecule has 0 saturated carbocycles. The fraction of sp³-hybridized carbons (Fsp3) is 0.333. The molecular formula is C27H28N2O7. The Kier molecular flexibility index (Phi) is 5.99. The highest BCUT2D eigenvalue weighted by Crippen LogP contribution is 2.51. The summed E-state index contributed by atoms with van der Waals surface area (Å²) in [6.45, 7) is 1.84. The molecule has 188 valence electrons. The number of allylic oxidation sites excluding steroid dienone is 2. The third-order valence-corrected chi connectivity index (χ3v) is 6.97. The number of benzene rings is 2. The van der Waals surface area contributed by atoms with Gasteiger partial charge in [0, 0.05) is 23.6 Å². The lowest BCUT2D eigenvalue weighted by atomic mass is 9.72. The first kappa shape index (κ1) is 23.6. The molecule has 2 N–H and O–H groups in total. The summed E-state index contributed by atoms with van der Waals surface area (Å²) in [5.41, 5.74) is 4.61. The van der Waals surface area contributed by atoms with E-state index in [9.17, 15) is 9.90 Å². The Hall–Kier alpha value is -4.14. The maximum Gasteiger partial charge on any atom is 0.233 e. The number of aryl methyl sites for hydroxylation is 1. The second kappa shape index (κ2) is 9.14. The number of nitrogens with zero attached hydrogens (tertiary/aromatic N) is 1. The smallest absolute Gasteiger partial charge is 0.233 e. The van der Waals surface area contributed by atoms with Crippen LogP contribution in [0, 0.1) is 6.92 Å². The van der Waals surface area contributed by atoms with Gasteiger partial charge >= 0.3 is 0 Å². The second-order valence-electron chi connectivity index (χ2n) is 8.88.